The largest absolute Gasteiger partial charge is 0.388 e. The highest BCUT2D eigenvalue weighted by molar-refractivity contribution is 6.14. The van der Waals surface area contributed by atoms with Gasteiger partial charge in [-0.2, -0.15) is 0 Å². The molecule has 1 aliphatic heterocycles. The highest BCUT2D eigenvalue weighted by atomic mass is 16.3. The summed E-state index contributed by atoms with van der Waals surface area (Å²) >= 11 is 0. The molecule has 8 atom stereocenters. The molecule has 2 fully saturated rings. The fourth-order valence-electron chi connectivity index (χ4n) is 6.18. The molecule has 1 heterocycles. The molecule has 34 heavy (non-hydrogen) atoms. The van der Waals surface area contributed by atoms with E-state index in [1.807, 2.05) is 37.3 Å². The number of aliphatic hydroxyl groups is 2. The van der Waals surface area contributed by atoms with Crippen LogP contribution in [0.4, 0.5) is 0 Å². The van der Waals surface area contributed by atoms with E-state index in [4.69, 9.17) is 0 Å². The average Bonchev–Trinajstić information content (AvgIpc) is 3.09. The molecule has 180 valence electrons. The quantitative estimate of drug-likeness (QED) is 0.462. The summed E-state index contributed by atoms with van der Waals surface area (Å²) in [5.74, 6) is -3.44. The first-order chi connectivity index (χ1) is 16.0. The molecule has 1 unspecified atom stereocenters. The number of nitrogens with one attached hydrogen (secondary N) is 1. The van der Waals surface area contributed by atoms with E-state index in [2.05, 4.69) is 11.9 Å². The van der Waals surface area contributed by atoms with Crippen molar-refractivity contribution >= 4 is 17.5 Å². The lowest BCUT2D eigenvalue weighted by atomic mass is 9.52. The Kier molecular flexibility index (Phi) is 6.25. The van der Waals surface area contributed by atoms with Gasteiger partial charge in [-0.25, -0.2) is 0 Å². The summed E-state index contributed by atoms with van der Waals surface area (Å²) in [6.07, 6.45) is 5.57. The highest BCUT2D eigenvalue weighted by Gasteiger charge is 2.68. The molecule has 0 aromatic heterocycles. The van der Waals surface area contributed by atoms with E-state index >= 15 is 0 Å². The smallest absolute Gasteiger partial charge is 0.235 e. The summed E-state index contributed by atoms with van der Waals surface area (Å²) in [7, 11) is 0. The molecular weight excluding hydrogens is 430 g/mol. The van der Waals surface area contributed by atoms with Crippen LogP contribution < -0.4 is 5.32 Å². The Bertz CT molecular complexity index is 1070. The molecular formula is C28H33NO5. The molecule has 4 rings (SSSR count). The summed E-state index contributed by atoms with van der Waals surface area (Å²) < 4.78 is 0. The van der Waals surface area contributed by atoms with Crippen molar-refractivity contribution < 1.29 is 24.6 Å². The van der Waals surface area contributed by atoms with Crippen LogP contribution in [0.15, 0.2) is 66.8 Å². The van der Waals surface area contributed by atoms with E-state index in [0.717, 1.165) is 5.56 Å². The molecule has 3 aliphatic rings. The lowest BCUT2D eigenvalue weighted by Gasteiger charge is -2.48. The maximum atomic E-state index is 13.9. The summed E-state index contributed by atoms with van der Waals surface area (Å²) in [6, 6.07) is 9.41. The minimum absolute atomic E-state index is 0.309. The first-order valence-corrected chi connectivity index (χ1v) is 11.9. The fraction of sp³-hybridized carbons (Fsp3) is 0.464. The Morgan fingerprint density at radius 1 is 1.15 bits per heavy atom. The molecule has 1 aromatic rings. The predicted molar refractivity (Wildman–Crippen MR) is 128 cm³/mol. The van der Waals surface area contributed by atoms with Gasteiger partial charge >= 0.3 is 0 Å². The third-order valence-electron chi connectivity index (χ3n) is 8.07. The molecule has 2 aliphatic carbocycles. The van der Waals surface area contributed by atoms with Crippen molar-refractivity contribution in [3.63, 3.8) is 0 Å². The zero-order chi connectivity index (χ0) is 24.8. The topological polar surface area (TPSA) is 104 Å². The van der Waals surface area contributed by atoms with Crippen molar-refractivity contribution in [2.45, 2.75) is 51.4 Å². The number of aliphatic hydroxyl groups excluding tert-OH is 1. The second-order valence-corrected chi connectivity index (χ2v) is 10.3. The molecule has 6 heteroatoms. The maximum absolute atomic E-state index is 13.9. The van der Waals surface area contributed by atoms with Crippen LogP contribution in [0.1, 0.15) is 32.8 Å². The molecule has 0 radical (unpaired) electrons. The van der Waals surface area contributed by atoms with Crippen LogP contribution in [0.25, 0.3) is 0 Å². The minimum atomic E-state index is -1.84. The van der Waals surface area contributed by atoms with Crippen molar-refractivity contribution in [1.29, 1.82) is 0 Å². The lowest BCUT2D eigenvalue weighted by Crippen LogP contribution is -2.58. The number of hydrogen-bond acceptors (Lipinski definition) is 5. The number of hydrogen-bond donors (Lipinski definition) is 3. The third-order valence-corrected chi connectivity index (χ3v) is 8.07. The van der Waals surface area contributed by atoms with Crippen LogP contribution in [-0.4, -0.2) is 45.4 Å². The molecule has 1 aromatic carbocycles. The van der Waals surface area contributed by atoms with Gasteiger partial charge in [-0.1, -0.05) is 62.9 Å². The first-order valence-electron chi connectivity index (χ1n) is 11.9. The minimum Gasteiger partial charge on any atom is -0.388 e. The van der Waals surface area contributed by atoms with Crippen LogP contribution in [0, 0.1) is 29.1 Å². The number of benzene rings is 1. The van der Waals surface area contributed by atoms with Crippen LogP contribution in [0.5, 0.6) is 0 Å². The number of carbonyl (C=O) groups is 3. The van der Waals surface area contributed by atoms with E-state index in [1.165, 1.54) is 19.1 Å². The van der Waals surface area contributed by atoms with Gasteiger partial charge in [0.25, 0.3) is 0 Å². The second-order valence-electron chi connectivity index (χ2n) is 10.3. The first kappa shape index (κ1) is 24.3. The van der Waals surface area contributed by atoms with Gasteiger partial charge in [-0.05, 0) is 49.0 Å². The molecule has 1 spiro atoms. The number of allylic oxidation sites excluding steroid dienone is 2. The van der Waals surface area contributed by atoms with Crippen molar-refractivity contribution in [1.82, 2.24) is 5.32 Å². The molecule has 1 saturated carbocycles. The van der Waals surface area contributed by atoms with Gasteiger partial charge < -0.3 is 15.5 Å². The Labute approximate surface area is 200 Å². The molecule has 6 nitrogen and oxygen atoms in total. The van der Waals surface area contributed by atoms with E-state index in [0.29, 0.717) is 18.4 Å². The number of amides is 1. The zero-order valence-corrected chi connectivity index (χ0v) is 19.9. The maximum Gasteiger partial charge on any atom is 0.235 e. The Morgan fingerprint density at radius 3 is 2.50 bits per heavy atom. The van der Waals surface area contributed by atoms with Crippen molar-refractivity contribution in [3.8, 4) is 0 Å². The van der Waals surface area contributed by atoms with Crippen molar-refractivity contribution in [3.05, 3.63) is 72.4 Å². The third kappa shape index (κ3) is 3.69. The van der Waals surface area contributed by atoms with Gasteiger partial charge in [0.15, 0.2) is 11.6 Å². The lowest BCUT2D eigenvalue weighted by molar-refractivity contribution is -0.148. The molecule has 0 bridgehead atoms. The second kappa shape index (κ2) is 8.75. The van der Waals surface area contributed by atoms with Gasteiger partial charge in [0.1, 0.15) is 11.0 Å². The van der Waals surface area contributed by atoms with Crippen LogP contribution in [0.2, 0.25) is 0 Å². The SMILES string of the molecule is C=C1[C@@H](C)[C@H]2[C@H](Cc3ccccc3)NC(=O)[C@@]23C(=O)/C=C/[C@@](C)(O)C(=O)C(C)C/C=C/[C@H]3[C@@H]1O. The monoisotopic (exact) mass is 463 g/mol. The van der Waals surface area contributed by atoms with Crippen molar-refractivity contribution in [2.24, 2.45) is 29.1 Å². The van der Waals surface area contributed by atoms with E-state index in [-0.39, 0.29) is 12.0 Å². The summed E-state index contributed by atoms with van der Waals surface area (Å²) in [4.78, 5) is 40.4. The van der Waals surface area contributed by atoms with Crippen LogP contribution in [-0.2, 0) is 20.8 Å². The molecule has 3 N–H and O–H groups in total. The van der Waals surface area contributed by atoms with Gasteiger partial charge in [-0.15, -0.1) is 0 Å². The Hall–Kier alpha value is -2.83. The van der Waals surface area contributed by atoms with E-state index in [9.17, 15) is 24.6 Å². The summed E-state index contributed by atoms with van der Waals surface area (Å²) in [5.41, 5.74) is -1.79. The molecule has 1 amide bonds. The van der Waals surface area contributed by atoms with Crippen molar-refractivity contribution in [2.75, 3.05) is 0 Å². The van der Waals surface area contributed by atoms with Gasteiger partial charge in [0, 0.05) is 23.8 Å². The highest BCUT2D eigenvalue weighted by Crippen LogP contribution is 2.56. The Morgan fingerprint density at radius 2 is 1.82 bits per heavy atom. The summed E-state index contributed by atoms with van der Waals surface area (Å²) in [5, 5.41) is 25.1. The number of ketones is 2. The van der Waals surface area contributed by atoms with Crippen LogP contribution in [0.3, 0.4) is 0 Å². The van der Waals surface area contributed by atoms with Gasteiger partial charge in [0.2, 0.25) is 5.91 Å². The number of carbonyl (C=O) groups excluding carboxylic acids is 3. The van der Waals surface area contributed by atoms with Crippen LogP contribution >= 0.6 is 0 Å². The standard InChI is InChI=1S/C28H33NO5/c1-16-9-8-12-20-24(31)18(3)17(2)23-21(15-19-10-6-5-7-11-19)29-26(33)28(20,23)22(30)13-14-27(4,34)25(16)32/h5-8,10-14,16-17,20-21,23-24,31,34H,3,9,15H2,1-2,4H3,(H,29,33)/b12-8+,14-13+/t16?,17-,20+,21+,23+,24-,27-,28+/m1/s1. The van der Waals surface area contributed by atoms with Gasteiger partial charge in [-0.3, -0.25) is 14.4 Å². The van der Waals surface area contributed by atoms with E-state index < -0.39 is 52.3 Å². The summed E-state index contributed by atoms with van der Waals surface area (Å²) in [6.45, 7) is 9.11. The number of rotatable bonds is 2. The average molecular weight is 464 g/mol. The fourth-order valence-corrected chi connectivity index (χ4v) is 6.18. The molecule has 1 saturated heterocycles. The Balaban J connectivity index is 1.88. The predicted octanol–water partition coefficient (Wildman–Crippen LogP) is 2.55. The zero-order valence-electron chi connectivity index (χ0n) is 19.9. The normalized spacial score (nSPS) is 42.3. The van der Waals surface area contributed by atoms with Gasteiger partial charge in [0.05, 0.1) is 6.10 Å². The van der Waals surface area contributed by atoms with E-state index in [1.54, 1.807) is 19.1 Å². The number of Topliss-reactive ketones (excluding diaryl/α,β-unsaturated/α-hetero) is 1.